The van der Waals surface area contributed by atoms with Gasteiger partial charge in [-0.1, -0.05) is 6.92 Å². The van der Waals surface area contributed by atoms with Crippen LogP contribution in [-0.2, 0) is 0 Å². The van der Waals surface area contributed by atoms with Crippen LogP contribution in [0.15, 0.2) is 0 Å². The van der Waals surface area contributed by atoms with E-state index in [0.29, 0.717) is 5.84 Å². The Bertz CT molecular complexity index is 179. The molecule has 1 aliphatic heterocycles. The molecule has 2 unspecified atom stereocenters. The number of hydrogen-bond acceptors (Lipinski definition) is 2. The molecule has 76 valence electrons. The topological polar surface area (TPSA) is 53.1 Å². The first-order valence-electron chi connectivity index (χ1n) is 5.16. The van der Waals surface area contributed by atoms with Gasteiger partial charge in [-0.2, -0.15) is 0 Å². The molecule has 1 fully saturated rings. The Hall–Kier alpha value is -0.570. The van der Waals surface area contributed by atoms with Gasteiger partial charge in [0.15, 0.2) is 0 Å². The van der Waals surface area contributed by atoms with Crippen LogP contribution in [0, 0.1) is 11.3 Å². The fourth-order valence-electron chi connectivity index (χ4n) is 2.17. The van der Waals surface area contributed by atoms with E-state index in [9.17, 15) is 0 Å². The smallest absolute Gasteiger partial charge is 0.0905 e. The van der Waals surface area contributed by atoms with Crippen LogP contribution >= 0.6 is 0 Å². The van der Waals surface area contributed by atoms with Gasteiger partial charge in [0.05, 0.1) is 5.84 Å². The van der Waals surface area contributed by atoms with E-state index in [4.69, 9.17) is 11.1 Å². The molecule has 3 nitrogen and oxygen atoms in total. The van der Waals surface area contributed by atoms with Crippen LogP contribution in [0.3, 0.4) is 0 Å². The molecule has 1 rings (SSSR count). The van der Waals surface area contributed by atoms with Crippen molar-refractivity contribution in [1.29, 1.82) is 5.41 Å². The van der Waals surface area contributed by atoms with Crippen molar-refractivity contribution >= 4 is 5.84 Å². The van der Waals surface area contributed by atoms with E-state index in [0.717, 1.165) is 31.3 Å². The van der Waals surface area contributed by atoms with Gasteiger partial charge in [0.1, 0.15) is 0 Å². The summed E-state index contributed by atoms with van der Waals surface area (Å²) < 4.78 is 0. The maximum atomic E-state index is 7.12. The Kier molecular flexibility index (Phi) is 3.72. The summed E-state index contributed by atoms with van der Waals surface area (Å²) in [6.07, 6.45) is 3.10. The number of amidine groups is 1. The fraction of sp³-hybridized carbons (Fsp3) is 0.900. The quantitative estimate of drug-likeness (QED) is 0.512. The molecule has 2 atom stereocenters. The second-order valence-electron chi connectivity index (χ2n) is 4.31. The number of rotatable bonds is 4. The number of likely N-dealkylation sites (tertiary alicyclic amines) is 1. The van der Waals surface area contributed by atoms with Gasteiger partial charge in [0.25, 0.3) is 0 Å². The lowest BCUT2D eigenvalue weighted by atomic mass is 10.1. The molecule has 0 amide bonds. The van der Waals surface area contributed by atoms with E-state index >= 15 is 0 Å². The van der Waals surface area contributed by atoms with Gasteiger partial charge in [-0.3, -0.25) is 5.41 Å². The third kappa shape index (κ3) is 3.35. The lowest BCUT2D eigenvalue weighted by molar-refractivity contribution is 0.263. The zero-order valence-corrected chi connectivity index (χ0v) is 8.71. The minimum atomic E-state index is 0.319. The average Bonchev–Trinajstić information content (AvgIpc) is 2.29. The monoisotopic (exact) mass is 183 g/mol. The predicted octanol–water partition coefficient (Wildman–Crippen LogP) is 1.43. The van der Waals surface area contributed by atoms with Crippen molar-refractivity contribution < 1.29 is 0 Å². The molecule has 0 spiro atoms. The molecule has 1 heterocycles. The Morgan fingerprint density at radius 2 is 2.23 bits per heavy atom. The van der Waals surface area contributed by atoms with Gasteiger partial charge < -0.3 is 10.6 Å². The molecule has 0 aromatic heterocycles. The summed E-state index contributed by atoms with van der Waals surface area (Å²) in [4.78, 5) is 2.51. The highest BCUT2D eigenvalue weighted by Gasteiger charge is 2.24. The van der Waals surface area contributed by atoms with E-state index < -0.39 is 0 Å². The summed E-state index contributed by atoms with van der Waals surface area (Å²) in [7, 11) is 0. The van der Waals surface area contributed by atoms with E-state index in [1.807, 2.05) is 0 Å². The summed E-state index contributed by atoms with van der Waals surface area (Å²) in [6, 6.07) is 0.724. The van der Waals surface area contributed by atoms with E-state index in [1.54, 1.807) is 0 Å². The lowest BCUT2D eigenvalue weighted by Gasteiger charge is -2.20. The van der Waals surface area contributed by atoms with Crippen molar-refractivity contribution in [2.24, 2.45) is 11.7 Å². The van der Waals surface area contributed by atoms with Crippen molar-refractivity contribution in [3.05, 3.63) is 0 Å². The zero-order chi connectivity index (χ0) is 9.84. The molecule has 13 heavy (non-hydrogen) atoms. The molecule has 0 bridgehead atoms. The third-order valence-corrected chi connectivity index (χ3v) is 2.80. The highest BCUT2D eigenvalue weighted by atomic mass is 15.2. The number of nitrogens with zero attached hydrogens (tertiary/aromatic N) is 1. The summed E-state index contributed by atoms with van der Waals surface area (Å²) in [5, 5.41) is 7.12. The van der Waals surface area contributed by atoms with Gasteiger partial charge in [0, 0.05) is 19.0 Å². The second kappa shape index (κ2) is 4.61. The van der Waals surface area contributed by atoms with Crippen molar-refractivity contribution in [3.63, 3.8) is 0 Å². The molecule has 0 saturated carbocycles. The Morgan fingerprint density at radius 1 is 1.54 bits per heavy atom. The van der Waals surface area contributed by atoms with Crippen molar-refractivity contribution in [3.8, 4) is 0 Å². The molecule has 0 radical (unpaired) electrons. The first kappa shape index (κ1) is 10.5. The number of hydrogen-bond donors (Lipinski definition) is 2. The van der Waals surface area contributed by atoms with Crippen LogP contribution in [-0.4, -0.2) is 29.9 Å². The summed E-state index contributed by atoms with van der Waals surface area (Å²) in [5.74, 6) is 1.16. The minimum absolute atomic E-state index is 0.319. The van der Waals surface area contributed by atoms with Crippen LogP contribution < -0.4 is 5.73 Å². The van der Waals surface area contributed by atoms with E-state index in [2.05, 4.69) is 18.7 Å². The number of nitrogens with two attached hydrogens (primary N) is 1. The molecular formula is C10H21N3. The Balaban J connectivity index is 2.18. The number of nitrogens with one attached hydrogen (secondary N) is 1. The van der Waals surface area contributed by atoms with Gasteiger partial charge >= 0.3 is 0 Å². The molecule has 3 heteroatoms. The standard InChI is InChI=1S/C10H21N3/c1-8-6-9(2)13(7-8)5-3-4-10(11)12/h8-9H,3-7H2,1-2H3,(H3,11,12). The minimum Gasteiger partial charge on any atom is -0.388 e. The normalized spacial score (nSPS) is 29.4. The largest absolute Gasteiger partial charge is 0.388 e. The fourth-order valence-corrected chi connectivity index (χ4v) is 2.17. The molecule has 0 aromatic rings. The maximum absolute atomic E-state index is 7.12. The first-order chi connectivity index (χ1) is 6.09. The van der Waals surface area contributed by atoms with Crippen LogP contribution in [0.25, 0.3) is 0 Å². The Labute approximate surface area is 80.8 Å². The SMILES string of the molecule is CC1CC(C)N(CCCC(=N)N)C1. The highest BCUT2D eigenvalue weighted by Crippen LogP contribution is 2.22. The van der Waals surface area contributed by atoms with Crippen molar-refractivity contribution in [2.75, 3.05) is 13.1 Å². The second-order valence-corrected chi connectivity index (χ2v) is 4.31. The summed E-state index contributed by atoms with van der Waals surface area (Å²) in [5.41, 5.74) is 5.30. The van der Waals surface area contributed by atoms with Gasteiger partial charge in [0.2, 0.25) is 0 Å². The Morgan fingerprint density at radius 3 is 2.69 bits per heavy atom. The summed E-state index contributed by atoms with van der Waals surface area (Å²) in [6.45, 7) is 6.92. The molecule has 0 aromatic carbocycles. The van der Waals surface area contributed by atoms with Crippen LogP contribution in [0.5, 0.6) is 0 Å². The molecule has 0 aliphatic carbocycles. The van der Waals surface area contributed by atoms with Gasteiger partial charge in [-0.15, -0.1) is 0 Å². The molecule has 3 N–H and O–H groups in total. The predicted molar refractivity (Wildman–Crippen MR) is 56.0 cm³/mol. The van der Waals surface area contributed by atoms with Crippen LogP contribution in [0.2, 0.25) is 0 Å². The first-order valence-corrected chi connectivity index (χ1v) is 5.16. The van der Waals surface area contributed by atoms with E-state index in [1.165, 1.54) is 13.0 Å². The van der Waals surface area contributed by atoms with Gasteiger partial charge in [-0.25, -0.2) is 0 Å². The summed E-state index contributed by atoms with van der Waals surface area (Å²) >= 11 is 0. The van der Waals surface area contributed by atoms with Crippen molar-refractivity contribution in [2.45, 2.75) is 39.2 Å². The van der Waals surface area contributed by atoms with Crippen LogP contribution in [0.4, 0.5) is 0 Å². The van der Waals surface area contributed by atoms with Crippen LogP contribution in [0.1, 0.15) is 33.1 Å². The van der Waals surface area contributed by atoms with Crippen molar-refractivity contribution in [1.82, 2.24) is 4.90 Å². The highest BCUT2D eigenvalue weighted by molar-refractivity contribution is 5.76. The average molecular weight is 183 g/mol. The van der Waals surface area contributed by atoms with E-state index in [-0.39, 0.29) is 0 Å². The maximum Gasteiger partial charge on any atom is 0.0905 e. The molecular weight excluding hydrogens is 162 g/mol. The molecule has 1 aliphatic rings. The third-order valence-electron chi connectivity index (χ3n) is 2.80. The zero-order valence-electron chi connectivity index (χ0n) is 8.71. The molecule has 1 saturated heterocycles. The lowest BCUT2D eigenvalue weighted by Crippen LogP contribution is -2.28. The van der Waals surface area contributed by atoms with Gasteiger partial charge in [-0.05, 0) is 32.2 Å².